The van der Waals surface area contributed by atoms with Crippen molar-refractivity contribution in [1.82, 2.24) is 10.6 Å². The highest BCUT2D eigenvalue weighted by Gasteiger charge is 2.27. The molecule has 0 aromatic carbocycles. The van der Waals surface area contributed by atoms with Crippen molar-refractivity contribution in [2.24, 2.45) is 5.92 Å². The summed E-state index contributed by atoms with van der Waals surface area (Å²) < 4.78 is 4.89. The third kappa shape index (κ3) is 5.01. The minimum atomic E-state index is -0.969. The quantitative estimate of drug-likeness (QED) is 0.594. The maximum atomic E-state index is 11.8. The summed E-state index contributed by atoms with van der Waals surface area (Å²) in [6.07, 6.45) is 1.42. The molecule has 1 saturated heterocycles. The first-order valence-electron chi connectivity index (χ1n) is 6.20. The van der Waals surface area contributed by atoms with E-state index >= 15 is 0 Å². The molecule has 18 heavy (non-hydrogen) atoms. The molecule has 1 fully saturated rings. The van der Waals surface area contributed by atoms with Crippen molar-refractivity contribution in [3.63, 3.8) is 0 Å². The zero-order chi connectivity index (χ0) is 13.6. The number of methoxy groups -OCH3 is 1. The molecule has 1 aliphatic rings. The number of piperidine rings is 1. The van der Waals surface area contributed by atoms with Crippen LogP contribution in [0.5, 0.6) is 0 Å². The van der Waals surface area contributed by atoms with E-state index in [2.05, 4.69) is 10.6 Å². The third-order valence-electron chi connectivity index (χ3n) is 3.12. The van der Waals surface area contributed by atoms with Crippen LogP contribution in [0, 0.1) is 5.92 Å². The Labute approximate surface area is 107 Å². The number of ether oxygens (including phenoxy) is 1. The van der Waals surface area contributed by atoms with Crippen LogP contribution < -0.4 is 10.6 Å². The van der Waals surface area contributed by atoms with E-state index in [1.165, 1.54) is 0 Å². The Morgan fingerprint density at radius 3 is 2.94 bits per heavy atom. The fourth-order valence-electron chi connectivity index (χ4n) is 1.79. The summed E-state index contributed by atoms with van der Waals surface area (Å²) in [5, 5.41) is 15.4. The van der Waals surface area contributed by atoms with Crippen LogP contribution in [0.4, 0.5) is 0 Å². The van der Waals surface area contributed by atoms with Gasteiger partial charge in [-0.1, -0.05) is 0 Å². The zero-order valence-corrected chi connectivity index (χ0v) is 11.0. The fraction of sp³-hybridized carbons (Fsp3) is 0.833. The molecule has 1 heterocycles. The van der Waals surface area contributed by atoms with Crippen LogP contribution in [-0.2, 0) is 14.3 Å². The highest BCUT2D eigenvalue weighted by atomic mass is 16.5. The lowest BCUT2D eigenvalue weighted by Crippen LogP contribution is -2.47. The van der Waals surface area contributed by atoms with Crippen molar-refractivity contribution in [1.29, 1.82) is 0 Å². The van der Waals surface area contributed by atoms with Crippen molar-refractivity contribution >= 4 is 11.8 Å². The molecule has 1 rings (SSSR count). The molecule has 0 bridgehead atoms. The number of amides is 2. The second-order valence-corrected chi connectivity index (χ2v) is 5.00. The highest BCUT2D eigenvalue weighted by Crippen LogP contribution is 2.12. The highest BCUT2D eigenvalue weighted by molar-refractivity contribution is 5.83. The summed E-state index contributed by atoms with van der Waals surface area (Å²) in [6, 6.07) is 0. The first kappa shape index (κ1) is 14.9. The molecule has 0 radical (unpaired) electrons. The van der Waals surface area contributed by atoms with Gasteiger partial charge in [0, 0.05) is 39.6 Å². The van der Waals surface area contributed by atoms with E-state index in [-0.39, 0.29) is 24.3 Å². The Kier molecular flexibility index (Phi) is 5.55. The Morgan fingerprint density at radius 1 is 1.67 bits per heavy atom. The summed E-state index contributed by atoms with van der Waals surface area (Å²) in [4.78, 5) is 22.8. The number of hydrogen-bond donors (Lipinski definition) is 3. The predicted molar refractivity (Wildman–Crippen MR) is 65.9 cm³/mol. The van der Waals surface area contributed by atoms with Crippen LogP contribution in [0.3, 0.4) is 0 Å². The lowest BCUT2D eigenvalue weighted by molar-refractivity contribution is -0.129. The molecule has 0 aromatic heterocycles. The number of hydrogen-bond acceptors (Lipinski definition) is 4. The van der Waals surface area contributed by atoms with Gasteiger partial charge in [0.05, 0.1) is 11.5 Å². The van der Waals surface area contributed by atoms with Gasteiger partial charge in [-0.2, -0.15) is 0 Å². The van der Waals surface area contributed by atoms with Crippen LogP contribution in [0.15, 0.2) is 0 Å². The van der Waals surface area contributed by atoms with Crippen molar-refractivity contribution in [2.45, 2.75) is 31.8 Å². The number of nitrogens with one attached hydrogen (secondary N) is 2. The summed E-state index contributed by atoms with van der Waals surface area (Å²) in [5.41, 5.74) is -0.969. The minimum Gasteiger partial charge on any atom is -0.388 e. The SMILES string of the molecule is COCCC(C)(O)CNC(=O)C1CCC(=O)NC1. The lowest BCUT2D eigenvalue weighted by Gasteiger charge is -2.26. The molecule has 2 atom stereocenters. The van der Waals surface area contributed by atoms with Crippen LogP contribution in [0.25, 0.3) is 0 Å². The van der Waals surface area contributed by atoms with Gasteiger partial charge in [0.2, 0.25) is 11.8 Å². The Balaban J connectivity index is 2.29. The van der Waals surface area contributed by atoms with Crippen LogP contribution in [0.2, 0.25) is 0 Å². The molecule has 6 nitrogen and oxygen atoms in total. The summed E-state index contributed by atoms with van der Waals surface area (Å²) >= 11 is 0. The summed E-state index contributed by atoms with van der Waals surface area (Å²) in [7, 11) is 1.57. The number of rotatable bonds is 6. The molecular weight excluding hydrogens is 236 g/mol. The average molecular weight is 258 g/mol. The second-order valence-electron chi connectivity index (χ2n) is 5.00. The topological polar surface area (TPSA) is 87.7 Å². The molecule has 0 spiro atoms. The molecule has 6 heteroatoms. The second kappa shape index (κ2) is 6.70. The van der Waals surface area contributed by atoms with Gasteiger partial charge in [-0.25, -0.2) is 0 Å². The van der Waals surface area contributed by atoms with Crippen molar-refractivity contribution in [3.8, 4) is 0 Å². The first-order chi connectivity index (χ1) is 8.44. The van der Waals surface area contributed by atoms with E-state index in [0.717, 1.165) is 0 Å². The van der Waals surface area contributed by atoms with Crippen molar-refractivity contribution in [2.75, 3.05) is 26.8 Å². The van der Waals surface area contributed by atoms with Crippen molar-refractivity contribution < 1.29 is 19.4 Å². The first-order valence-corrected chi connectivity index (χ1v) is 6.20. The van der Waals surface area contributed by atoms with E-state index in [9.17, 15) is 14.7 Å². The van der Waals surface area contributed by atoms with E-state index < -0.39 is 5.60 Å². The molecule has 3 N–H and O–H groups in total. The average Bonchev–Trinajstić information content (AvgIpc) is 2.35. The normalized spacial score (nSPS) is 23.1. The zero-order valence-electron chi connectivity index (χ0n) is 11.0. The van der Waals surface area contributed by atoms with Crippen LogP contribution in [-0.4, -0.2) is 49.3 Å². The van der Waals surface area contributed by atoms with E-state index in [1.807, 2.05) is 0 Å². The van der Waals surface area contributed by atoms with Gasteiger partial charge in [-0.3, -0.25) is 9.59 Å². The van der Waals surface area contributed by atoms with E-state index in [1.54, 1.807) is 14.0 Å². The maximum absolute atomic E-state index is 11.8. The fourth-order valence-corrected chi connectivity index (χ4v) is 1.79. The van der Waals surface area contributed by atoms with E-state index in [4.69, 9.17) is 4.74 Å². The molecule has 0 aromatic rings. The van der Waals surface area contributed by atoms with Crippen LogP contribution in [0.1, 0.15) is 26.2 Å². The van der Waals surface area contributed by atoms with Gasteiger partial charge < -0.3 is 20.5 Å². The van der Waals surface area contributed by atoms with E-state index in [0.29, 0.717) is 32.4 Å². The Morgan fingerprint density at radius 2 is 2.39 bits per heavy atom. The summed E-state index contributed by atoms with van der Waals surface area (Å²) in [6.45, 7) is 2.68. The van der Waals surface area contributed by atoms with Gasteiger partial charge >= 0.3 is 0 Å². The minimum absolute atomic E-state index is 0.00820. The van der Waals surface area contributed by atoms with Crippen LogP contribution >= 0.6 is 0 Å². The molecular formula is C12H22N2O4. The van der Waals surface area contributed by atoms with Gasteiger partial charge in [-0.05, 0) is 13.3 Å². The Bertz CT molecular complexity index is 294. The van der Waals surface area contributed by atoms with Gasteiger partial charge in [0.25, 0.3) is 0 Å². The maximum Gasteiger partial charge on any atom is 0.225 e. The molecule has 2 amide bonds. The summed E-state index contributed by atoms with van der Waals surface area (Å²) in [5.74, 6) is -0.320. The monoisotopic (exact) mass is 258 g/mol. The standard InChI is InChI=1S/C12H22N2O4/c1-12(17,5-6-18-2)8-14-11(16)9-3-4-10(15)13-7-9/h9,17H,3-8H2,1-2H3,(H,13,15)(H,14,16). The predicted octanol–water partition coefficient (Wildman–Crippen LogP) is -0.584. The molecule has 2 unspecified atom stereocenters. The molecule has 0 aliphatic carbocycles. The largest absolute Gasteiger partial charge is 0.388 e. The van der Waals surface area contributed by atoms with Gasteiger partial charge in [-0.15, -0.1) is 0 Å². The number of carbonyl (C=O) groups is 2. The Hall–Kier alpha value is -1.14. The molecule has 0 saturated carbocycles. The van der Waals surface area contributed by atoms with Gasteiger partial charge in [0.1, 0.15) is 0 Å². The van der Waals surface area contributed by atoms with Crippen molar-refractivity contribution in [3.05, 3.63) is 0 Å². The molecule has 1 aliphatic heterocycles. The molecule has 104 valence electrons. The number of carbonyl (C=O) groups excluding carboxylic acids is 2. The van der Waals surface area contributed by atoms with Gasteiger partial charge in [0.15, 0.2) is 0 Å². The third-order valence-corrected chi connectivity index (χ3v) is 3.12. The smallest absolute Gasteiger partial charge is 0.225 e. The number of aliphatic hydroxyl groups is 1. The lowest BCUT2D eigenvalue weighted by atomic mass is 9.97.